The van der Waals surface area contributed by atoms with Gasteiger partial charge in [-0.3, -0.25) is 0 Å². The summed E-state index contributed by atoms with van der Waals surface area (Å²) in [4.78, 5) is 10.9. The number of nitrogens with two attached hydrogens (primary N) is 1. The fourth-order valence-electron chi connectivity index (χ4n) is 0.380. The first kappa shape index (κ1) is 10.2. The zero-order valence-electron chi connectivity index (χ0n) is 7.31. The Morgan fingerprint density at radius 1 is 1.64 bits per heavy atom. The molecule has 0 atom stereocenters. The molecule has 0 aromatic rings. The maximum atomic E-state index is 10.9. The highest BCUT2D eigenvalue weighted by molar-refractivity contribution is 5.87. The summed E-state index contributed by atoms with van der Waals surface area (Å²) in [5, 5.41) is 0. The molecule has 3 nitrogen and oxygen atoms in total. The van der Waals surface area contributed by atoms with E-state index < -0.39 is 5.60 Å². The van der Waals surface area contributed by atoms with Crippen LogP contribution >= 0.6 is 0 Å². The van der Waals surface area contributed by atoms with Gasteiger partial charge in [-0.2, -0.15) is 0 Å². The minimum atomic E-state index is -0.587. The van der Waals surface area contributed by atoms with Gasteiger partial charge in [-0.25, -0.2) is 4.79 Å². The number of rotatable bonds is 3. The largest absolute Gasteiger partial charge is 0.455 e. The monoisotopic (exact) mass is 157 g/mol. The van der Waals surface area contributed by atoms with Crippen LogP contribution in [0.2, 0.25) is 0 Å². The van der Waals surface area contributed by atoms with E-state index in [0.717, 1.165) is 0 Å². The van der Waals surface area contributed by atoms with E-state index in [2.05, 4.69) is 6.58 Å². The summed E-state index contributed by atoms with van der Waals surface area (Å²) in [5.41, 5.74) is 5.16. The van der Waals surface area contributed by atoms with Gasteiger partial charge in [0.25, 0.3) is 0 Å². The molecule has 0 radical (unpaired) electrons. The molecule has 0 aromatic heterocycles. The van der Waals surface area contributed by atoms with E-state index in [4.69, 9.17) is 10.5 Å². The van der Waals surface area contributed by atoms with Crippen LogP contribution in [0.25, 0.3) is 0 Å². The van der Waals surface area contributed by atoms with Crippen LogP contribution in [0.4, 0.5) is 0 Å². The second-order valence-electron chi connectivity index (χ2n) is 3.13. The van der Waals surface area contributed by atoms with Gasteiger partial charge in [0, 0.05) is 12.1 Å². The predicted molar refractivity (Wildman–Crippen MR) is 44.0 cm³/mol. The quantitative estimate of drug-likeness (QED) is 0.488. The molecule has 0 unspecified atom stereocenters. The van der Waals surface area contributed by atoms with Crippen LogP contribution in [0, 0.1) is 0 Å². The molecule has 64 valence electrons. The molecule has 3 heteroatoms. The van der Waals surface area contributed by atoms with Gasteiger partial charge in [-0.05, 0) is 20.8 Å². The maximum absolute atomic E-state index is 10.9. The van der Waals surface area contributed by atoms with Crippen molar-refractivity contribution >= 4 is 5.97 Å². The third-order valence-corrected chi connectivity index (χ3v) is 1.21. The lowest BCUT2D eigenvalue weighted by Gasteiger charge is -2.22. The van der Waals surface area contributed by atoms with Crippen LogP contribution in [0.15, 0.2) is 12.2 Å². The summed E-state index contributed by atoms with van der Waals surface area (Å²) < 4.78 is 4.98. The van der Waals surface area contributed by atoms with Gasteiger partial charge < -0.3 is 10.5 Å². The molecule has 11 heavy (non-hydrogen) atoms. The zero-order chi connectivity index (χ0) is 9.07. The van der Waals surface area contributed by atoms with Crippen molar-refractivity contribution < 1.29 is 9.53 Å². The number of carbonyl (C=O) groups excluding carboxylic acids is 1. The van der Waals surface area contributed by atoms with Crippen molar-refractivity contribution in [2.24, 2.45) is 5.73 Å². The molecule has 2 N–H and O–H groups in total. The molecular formula is C8H15NO2. The lowest BCUT2D eigenvalue weighted by Crippen LogP contribution is -2.36. The average molecular weight is 157 g/mol. The van der Waals surface area contributed by atoms with E-state index in [-0.39, 0.29) is 5.97 Å². The van der Waals surface area contributed by atoms with Gasteiger partial charge in [0.2, 0.25) is 0 Å². The summed E-state index contributed by atoms with van der Waals surface area (Å²) in [7, 11) is 0. The number of carbonyl (C=O) groups is 1. The van der Waals surface area contributed by atoms with Crippen LogP contribution in [-0.2, 0) is 9.53 Å². The predicted octanol–water partition coefficient (Wildman–Crippen LogP) is 0.843. The molecular weight excluding hydrogens is 142 g/mol. The lowest BCUT2D eigenvalue weighted by atomic mass is 10.1. The van der Waals surface area contributed by atoms with Crippen molar-refractivity contribution in [3.8, 4) is 0 Å². The second kappa shape index (κ2) is 3.53. The Morgan fingerprint density at radius 2 is 2.09 bits per heavy atom. The van der Waals surface area contributed by atoms with Crippen molar-refractivity contribution in [3.63, 3.8) is 0 Å². The minimum absolute atomic E-state index is 0.312. The van der Waals surface area contributed by atoms with Gasteiger partial charge >= 0.3 is 5.97 Å². The van der Waals surface area contributed by atoms with Crippen molar-refractivity contribution in [3.05, 3.63) is 12.2 Å². The SMILES string of the molecule is C=C(C)C(=O)OC(C)(C)CN. The summed E-state index contributed by atoms with van der Waals surface area (Å²) in [6.07, 6.45) is 0. The third-order valence-electron chi connectivity index (χ3n) is 1.21. The van der Waals surface area contributed by atoms with Gasteiger partial charge in [0.05, 0.1) is 0 Å². The first-order valence-electron chi connectivity index (χ1n) is 3.48. The molecule has 0 aliphatic carbocycles. The molecule has 0 amide bonds. The van der Waals surface area contributed by atoms with E-state index >= 15 is 0 Å². The average Bonchev–Trinajstić information content (AvgIpc) is 1.87. The molecule has 0 rings (SSSR count). The maximum Gasteiger partial charge on any atom is 0.333 e. The molecule has 0 aromatic carbocycles. The van der Waals surface area contributed by atoms with Crippen LogP contribution < -0.4 is 5.73 Å². The Balaban J connectivity index is 4.04. The molecule has 0 saturated carbocycles. The first-order valence-corrected chi connectivity index (χ1v) is 3.48. The number of hydrogen-bond acceptors (Lipinski definition) is 3. The van der Waals surface area contributed by atoms with Crippen LogP contribution in [0.5, 0.6) is 0 Å². The molecule has 0 aliphatic rings. The Labute approximate surface area is 67.2 Å². The van der Waals surface area contributed by atoms with Crippen molar-refractivity contribution in [2.45, 2.75) is 26.4 Å². The van der Waals surface area contributed by atoms with Crippen LogP contribution in [0.1, 0.15) is 20.8 Å². The lowest BCUT2D eigenvalue weighted by molar-refractivity contribution is -0.150. The van der Waals surface area contributed by atoms with Crippen molar-refractivity contribution in [2.75, 3.05) is 6.54 Å². The van der Waals surface area contributed by atoms with E-state index in [9.17, 15) is 4.79 Å². The van der Waals surface area contributed by atoms with Crippen molar-refractivity contribution in [1.82, 2.24) is 0 Å². The standard InChI is InChI=1S/C8H15NO2/c1-6(2)7(10)11-8(3,4)5-9/h1,5,9H2,2-4H3. The smallest absolute Gasteiger partial charge is 0.333 e. The summed E-state index contributed by atoms with van der Waals surface area (Å²) >= 11 is 0. The molecule has 0 fully saturated rings. The van der Waals surface area contributed by atoms with E-state index in [1.807, 2.05) is 0 Å². The summed E-state index contributed by atoms with van der Waals surface area (Å²) in [6, 6.07) is 0. The van der Waals surface area contributed by atoms with E-state index in [0.29, 0.717) is 12.1 Å². The highest BCUT2D eigenvalue weighted by Gasteiger charge is 2.20. The molecule has 0 heterocycles. The highest BCUT2D eigenvalue weighted by Crippen LogP contribution is 2.08. The normalized spacial score (nSPS) is 10.9. The van der Waals surface area contributed by atoms with Crippen LogP contribution in [-0.4, -0.2) is 18.1 Å². The van der Waals surface area contributed by atoms with E-state index in [1.165, 1.54) is 0 Å². The first-order chi connectivity index (χ1) is 4.89. The third kappa shape index (κ3) is 3.78. The Hall–Kier alpha value is -0.830. The fourth-order valence-corrected chi connectivity index (χ4v) is 0.380. The van der Waals surface area contributed by atoms with Gasteiger partial charge in [0.15, 0.2) is 0 Å². The minimum Gasteiger partial charge on any atom is -0.455 e. The fraction of sp³-hybridized carbons (Fsp3) is 0.625. The summed E-state index contributed by atoms with van der Waals surface area (Å²) in [6.45, 7) is 8.89. The van der Waals surface area contributed by atoms with Crippen molar-refractivity contribution in [1.29, 1.82) is 0 Å². The van der Waals surface area contributed by atoms with E-state index in [1.54, 1.807) is 20.8 Å². The molecule has 0 spiro atoms. The number of hydrogen-bond donors (Lipinski definition) is 1. The topological polar surface area (TPSA) is 52.3 Å². The Morgan fingerprint density at radius 3 is 2.36 bits per heavy atom. The zero-order valence-corrected chi connectivity index (χ0v) is 7.31. The van der Waals surface area contributed by atoms with Gasteiger partial charge in [-0.1, -0.05) is 6.58 Å². The Kier molecular flexibility index (Phi) is 3.26. The highest BCUT2D eigenvalue weighted by atomic mass is 16.6. The molecule has 0 bridgehead atoms. The number of ether oxygens (including phenoxy) is 1. The molecule has 0 saturated heterocycles. The van der Waals surface area contributed by atoms with Gasteiger partial charge in [-0.15, -0.1) is 0 Å². The second-order valence-corrected chi connectivity index (χ2v) is 3.13. The Bertz CT molecular complexity index is 173. The van der Waals surface area contributed by atoms with Crippen LogP contribution in [0.3, 0.4) is 0 Å². The summed E-state index contributed by atoms with van der Waals surface area (Å²) in [5.74, 6) is -0.388. The molecule has 0 aliphatic heterocycles. The van der Waals surface area contributed by atoms with Gasteiger partial charge in [0.1, 0.15) is 5.60 Å². The number of esters is 1.